The van der Waals surface area contributed by atoms with E-state index < -0.39 is 5.60 Å². The summed E-state index contributed by atoms with van der Waals surface area (Å²) in [6.45, 7) is 11.8. The molecule has 2 aromatic rings. The topological polar surface area (TPSA) is 66.2 Å². The molecule has 2 aromatic heterocycles. The van der Waals surface area contributed by atoms with Gasteiger partial charge in [-0.25, -0.2) is 9.67 Å². The molecule has 3 rings (SSSR count). The first kappa shape index (κ1) is 19.0. The van der Waals surface area contributed by atoms with Crippen LogP contribution in [0.3, 0.4) is 0 Å². The van der Waals surface area contributed by atoms with Gasteiger partial charge in [0.05, 0.1) is 11.3 Å². The van der Waals surface area contributed by atoms with Crippen molar-refractivity contribution in [1.29, 1.82) is 0 Å². The number of piperidine rings is 1. The molecule has 0 unspecified atom stereocenters. The molecular formula is C20H31N5O. The zero-order valence-electron chi connectivity index (χ0n) is 16.4. The van der Waals surface area contributed by atoms with E-state index in [2.05, 4.69) is 41.1 Å². The molecule has 0 radical (unpaired) electrons. The number of aryl methyl sites for hydroxylation is 1. The average Bonchev–Trinajstić information content (AvgIpc) is 2.91. The molecule has 6 heteroatoms. The summed E-state index contributed by atoms with van der Waals surface area (Å²) in [6, 6.07) is 6.39. The average molecular weight is 358 g/mol. The Morgan fingerprint density at radius 3 is 2.58 bits per heavy atom. The molecule has 0 amide bonds. The Hall–Kier alpha value is -1.76. The lowest BCUT2D eigenvalue weighted by molar-refractivity contribution is -0.0265. The summed E-state index contributed by atoms with van der Waals surface area (Å²) in [6.07, 6.45) is 3.43. The van der Waals surface area contributed by atoms with Gasteiger partial charge in [-0.05, 0) is 52.7 Å². The number of aliphatic hydroxyl groups is 1. The van der Waals surface area contributed by atoms with Crippen LogP contribution in [0.5, 0.6) is 0 Å². The van der Waals surface area contributed by atoms with Crippen molar-refractivity contribution in [2.45, 2.75) is 58.7 Å². The predicted molar refractivity (Wildman–Crippen MR) is 103 cm³/mol. The molecule has 1 fully saturated rings. The highest BCUT2D eigenvalue weighted by molar-refractivity contribution is 5.32. The number of hydrogen-bond donors (Lipinski definition) is 2. The summed E-state index contributed by atoms with van der Waals surface area (Å²) in [4.78, 5) is 6.82. The van der Waals surface area contributed by atoms with Gasteiger partial charge in [0.25, 0.3) is 0 Å². The second kappa shape index (κ2) is 7.86. The molecule has 1 saturated heterocycles. The maximum absolute atomic E-state index is 10.9. The minimum Gasteiger partial charge on any atom is -0.388 e. The summed E-state index contributed by atoms with van der Waals surface area (Å²) in [5.41, 5.74) is 2.67. The van der Waals surface area contributed by atoms with Crippen LogP contribution in [0.25, 0.3) is 5.82 Å². The summed E-state index contributed by atoms with van der Waals surface area (Å²) in [5.74, 6) is 0.832. The van der Waals surface area contributed by atoms with Gasteiger partial charge in [-0.15, -0.1) is 0 Å². The maximum Gasteiger partial charge on any atom is 0.153 e. The molecule has 0 spiro atoms. The van der Waals surface area contributed by atoms with E-state index in [9.17, 15) is 5.11 Å². The largest absolute Gasteiger partial charge is 0.388 e. The van der Waals surface area contributed by atoms with E-state index in [-0.39, 0.29) is 0 Å². The van der Waals surface area contributed by atoms with Crippen LogP contribution in [0.15, 0.2) is 24.4 Å². The molecule has 0 atom stereocenters. The van der Waals surface area contributed by atoms with Crippen molar-refractivity contribution in [3.63, 3.8) is 0 Å². The number of nitrogens with one attached hydrogen (secondary N) is 1. The second-order valence-electron chi connectivity index (χ2n) is 7.71. The minimum absolute atomic E-state index is 0.551. The van der Waals surface area contributed by atoms with E-state index in [0.717, 1.165) is 43.1 Å². The first-order valence-corrected chi connectivity index (χ1v) is 9.53. The van der Waals surface area contributed by atoms with E-state index in [1.807, 2.05) is 29.8 Å². The smallest absolute Gasteiger partial charge is 0.153 e. The SMILES string of the molecule is Cc1nn(-c2ccccn2)c(C)c1CNCC1(O)CCN(C(C)C)CC1. The van der Waals surface area contributed by atoms with Gasteiger partial charge < -0.3 is 15.3 Å². The van der Waals surface area contributed by atoms with Crippen molar-refractivity contribution >= 4 is 0 Å². The quantitative estimate of drug-likeness (QED) is 0.830. The van der Waals surface area contributed by atoms with Gasteiger partial charge in [0.15, 0.2) is 5.82 Å². The van der Waals surface area contributed by atoms with Crippen LogP contribution in [0.1, 0.15) is 43.6 Å². The summed E-state index contributed by atoms with van der Waals surface area (Å²) >= 11 is 0. The molecule has 26 heavy (non-hydrogen) atoms. The standard InChI is InChI=1S/C20H31N5O/c1-15(2)24-11-8-20(26,9-12-24)14-21-13-18-16(3)23-25(17(18)4)19-7-5-6-10-22-19/h5-7,10,15,21,26H,8-9,11-14H2,1-4H3. The molecular weight excluding hydrogens is 326 g/mol. The normalized spacial score (nSPS) is 17.8. The van der Waals surface area contributed by atoms with Crippen molar-refractivity contribution in [2.75, 3.05) is 19.6 Å². The van der Waals surface area contributed by atoms with Crippen LogP contribution in [0.4, 0.5) is 0 Å². The van der Waals surface area contributed by atoms with Crippen molar-refractivity contribution in [3.05, 3.63) is 41.3 Å². The third kappa shape index (κ3) is 4.14. The van der Waals surface area contributed by atoms with E-state index >= 15 is 0 Å². The van der Waals surface area contributed by atoms with E-state index in [1.54, 1.807) is 6.20 Å². The molecule has 0 saturated carbocycles. The van der Waals surface area contributed by atoms with Gasteiger partial charge in [0, 0.05) is 49.7 Å². The zero-order valence-corrected chi connectivity index (χ0v) is 16.4. The van der Waals surface area contributed by atoms with Crippen LogP contribution in [0.2, 0.25) is 0 Å². The Kier molecular flexibility index (Phi) is 5.75. The second-order valence-corrected chi connectivity index (χ2v) is 7.71. The fraction of sp³-hybridized carbons (Fsp3) is 0.600. The number of hydrogen-bond acceptors (Lipinski definition) is 5. The summed E-state index contributed by atoms with van der Waals surface area (Å²) in [5, 5.41) is 18.9. The van der Waals surface area contributed by atoms with Gasteiger partial charge in [-0.2, -0.15) is 5.10 Å². The molecule has 1 aliphatic heterocycles. The number of rotatable bonds is 6. The molecule has 142 valence electrons. The zero-order chi connectivity index (χ0) is 18.7. The Morgan fingerprint density at radius 2 is 1.96 bits per heavy atom. The lowest BCUT2D eigenvalue weighted by Gasteiger charge is -2.40. The van der Waals surface area contributed by atoms with Gasteiger partial charge in [-0.1, -0.05) is 6.07 Å². The third-order valence-corrected chi connectivity index (χ3v) is 5.52. The van der Waals surface area contributed by atoms with Crippen molar-refractivity contribution in [3.8, 4) is 5.82 Å². The number of likely N-dealkylation sites (tertiary alicyclic amines) is 1. The lowest BCUT2D eigenvalue weighted by Crippen LogP contribution is -2.51. The Balaban J connectivity index is 1.60. The van der Waals surface area contributed by atoms with Gasteiger partial charge in [-0.3, -0.25) is 0 Å². The van der Waals surface area contributed by atoms with Crippen LogP contribution in [0, 0.1) is 13.8 Å². The number of nitrogens with zero attached hydrogens (tertiary/aromatic N) is 4. The minimum atomic E-state index is -0.607. The van der Waals surface area contributed by atoms with Crippen LogP contribution < -0.4 is 5.32 Å². The molecule has 6 nitrogen and oxygen atoms in total. The lowest BCUT2D eigenvalue weighted by atomic mass is 9.90. The highest BCUT2D eigenvalue weighted by Crippen LogP contribution is 2.23. The van der Waals surface area contributed by atoms with Gasteiger partial charge in [0.2, 0.25) is 0 Å². The molecule has 0 aliphatic carbocycles. The number of aromatic nitrogens is 3. The van der Waals surface area contributed by atoms with Crippen LogP contribution in [-0.4, -0.2) is 56.0 Å². The van der Waals surface area contributed by atoms with Crippen molar-refractivity contribution in [1.82, 2.24) is 25.0 Å². The first-order chi connectivity index (χ1) is 12.4. The molecule has 2 N–H and O–H groups in total. The Morgan fingerprint density at radius 1 is 1.23 bits per heavy atom. The summed E-state index contributed by atoms with van der Waals surface area (Å²) in [7, 11) is 0. The van der Waals surface area contributed by atoms with Gasteiger partial charge >= 0.3 is 0 Å². The monoisotopic (exact) mass is 357 g/mol. The number of pyridine rings is 1. The highest BCUT2D eigenvalue weighted by Gasteiger charge is 2.32. The third-order valence-electron chi connectivity index (χ3n) is 5.52. The molecule has 0 aromatic carbocycles. The van der Waals surface area contributed by atoms with Crippen molar-refractivity contribution < 1.29 is 5.11 Å². The van der Waals surface area contributed by atoms with Crippen LogP contribution >= 0.6 is 0 Å². The molecule has 3 heterocycles. The Bertz CT molecular complexity index is 717. The first-order valence-electron chi connectivity index (χ1n) is 9.53. The van der Waals surface area contributed by atoms with E-state index in [1.165, 1.54) is 5.56 Å². The fourth-order valence-electron chi connectivity index (χ4n) is 3.69. The summed E-state index contributed by atoms with van der Waals surface area (Å²) < 4.78 is 1.89. The van der Waals surface area contributed by atoms with E-state index in [4.69, 9.17) is 0 Å². The van der Waals surface area contributed by atoms with E-state index in [0.29, 0.717) is 19.1 Å². The van der Waals surface area contributed by atoms with Gasteiger partial charge in [0.1, 0.15) is 0 Å². The van der Waals surface area contributed by atoms with Crippen molar-refractivity contribution in [2.24, 2.45) is 0 Å². The molecule has 1 aliphatic rings. The highest BCUT2D eigenvalue weighted by atomic mass is 16.3. The predicted octanol–water partition coefficient (Wildman–Crippen LogP) is 2.21. The fourth-order valence-corrected chi connectivity index (χ4v) is 3.69. The maximum atomic E-state index is 10.9. The Labute approximate surface area is 156 Å². The molecule has 0 bridgehead atoms. The van der Waals surface area contributed by atoms with Crippen LogP contribution in [-0.2, 0) is 6.54 Å².